The molecule has 1 unspecified atom stereocenters. The summed E-state index contributed by atoms with van der Waals surface area (Å²) in [5.74, 6) is 0. The van der Waals surface area contributed by atoms with Crippen molar-refractivity contribution in [1.82, 2.24) is 15.0 Å². The van der Waals surface area contributed by atoms with E-state index >= 15 is 0 Å². The molecule has 0 aliphatic carbocycles. The quantitative estimate of drug-likeness (QED) is 0.244. The predicted molar refractivity (Wildman–Crippen MR) is 109 cm³/mol. The fourth-order valence-corrected chi connectivity index (χ4v) is 2.88. The van der Waals surface area contributed by atoms with Crippen molar-refractivity contribution >= 4 is 0 Å². The van der Waals surface area contributed by atoms with E-state index < -0.39 is 0 Å². The average Bonchev–Trinajstić information content (AvgIpc) is 3.40. The van der Waals surface area contributed by atoms with Crippen LogP contribution in [0.4, 0.5) is 0 Å². The molecule has 0 radical (unpaired) electrons. The molecule has 27 heavy (non-hydrogen) atoms. The van der Waals surface area contributed by atoms with Crippen LogP contribution in [0.1, 0.15) is 44.4 Å². The molecule has 1 atom stereocenters. The summed E-state index contributed by atoms with van der Waals surface area (Å²) in [6.07, 6.45) is 5.69. The van der Waals surface area contributed by atoms with Gasteiger partial charge in [-0.3, -0.25) is 0 Å². The van der Waals surface area contributed by atoms with E-state index in [1.807, 2.05) is 25.1 Å². The molecule has 3 aromatic rings. The van der Waals surface area contributed by atoms with Crippen LogP contribution < -0.4 is 0 Å². The molecule has 144 valence electrons. The fourth-order valence-electron chi connectivity index (χ4n) is 2.88. The normalized spacial score (nSPS) is 12.9. The summed E-state index contributed by atoms with van der Waals surface area (Å²) in [6, 6.07) is 12.4. The lowest BCUT2D eigenvalue weighted by Crippen LogP contribution is -2.10. The Labute approximate surface area is 160 Å². The summed E-state index contributed by atoms with van der Waals surface area (Å²) in [5, 5.41) is 0. The molecule has 0 amide bonds. The van der Waals surface area contributed by atoms with E-state index in [1.165, 1.54) is 0 Å². The summed E-state index contributed by atoms with van der Waals surface area (Å²) in [7, 11) is 0. The van der Waals surface area contributed by atoms with Crippen molar-refractivity contribution in [3.63, 3.8) is 0 Å². The third kappa shape index (κ3) is 5.02. The highest BCUT2D eigenvalue weighted by molar-refractivity contribution is 5.64. The van der Waals surface area contributed by atoms with Gasteiger partial charge in [-0.2, -0.15) is 0 Å². The van der Waals surface area contributed by atoms with Crippen molar-refractivity contribution in [3.05, 3.63) is 59.9 Å². The monoisotopic (exact) mass is 367 g/mol. The van der Waals surface area contributed by atoms with Gasteiger partial charge in [0, 0.05) is 5.69 Å². The Kier molecular flexibility index (Phi) is 6.74. The molecule has 0 aliphatic rings. The zero-order valence-corrected chi connectivity index (χ0v) is 16.3. The first-order valence-electron chi connectivity index (χ1n) is 9.60. The van der Waals surface area contributed by atoms with Crippen molar-refractivity contribution in [2.75, 3.05) is 13.2 Å². The molecule has 0 saturated heterocycles. The van der Waals surface area contributed by atoms with Gasteiger partial charge in [-0.25, -0.2) is 0 Å². The van der Waals surface area contributed by atoms with E-state index in [0.29, 0.717) is 13.2 Å². The van der Waals surface area contributed by atoms with Gasteiger partial charge < -0.3 is 24.4 Å². The number of H-pyrrole nitrogens is 3. The molecule has 3 aromatic heterocycles. The van der Waals surface area contributed by atoms with Gasteiger partial charge in [0.1, 0.15) is 0 Å². The predicted octanol–water partition coefficient (Wildman–Crippen LogP) is 5.72. The Balaban J connectivity index is 1.73. The topological polar surface area (TPSA) is 65.8 Å². The molecule has 3 rings (SSSR count). The highest BCUT2D eigenvalue weighted by Gasteiger charge is 2.15. The van der Waals surface area contributed by atoms with Gasteiger partial charge >= 0.3 is 0 Å². The largest absolute Gasteiger partial charge is 0.357 e. The second-order valence-electron chi connectivity index (χ2n) is 6.63. The zero-order chi connectivity index (χ0) is 19.1. The maximum atomic E-state index is 5.94. The van der Waals surface area contributed by atoms with Crippen LogP contribution in [0.25, 0.3) is 22.8 Å². The number of aryl methyl sites for hydroxylation is 1. The van der Waals surface area contributed by atoms with E-state index in [4.69, 9.17) is 9.47 Å². The summed E-state index contributed by atoms with van der Waals surface area (Å²) < 4.78 is 11.8. The van der Waals surface area contributed by atoms with E-state index in [9.17, 15) is 0 Å². The molecule has 0 fully saturated rings. The van der Waals surface area contributed by atoms with Crippen LogP contribution in [0.3, 0.4) is 0 Å². The lowest BCUT2D eigenvalue weighted by atomic mass is 10.3. The second kappa shape index (κ2) is 9.44. The SMILES string of the molecule is C/C=C/COC(OCCCC)c1ccc(-c2ccc(-c3ccc(C)[nH]3)[nH]2)[nH]1. The van der Waals surface area contributed by atoms with Gasteiger partial charge in [0.25, 0.3) is 0 Å². The molecule has 0 aromatic carbocycles. The Morgan fingerprint density at radius 2 is 1.56 bits per heavy atom. The zero-order valence-electron chi connectivity index (χ0n) is 16.3. The van der Waals surface area contributed by atoms with E-state index in [1.54, 1.807) is 0 Å². The van der Waals surface area contributed by atoms with Crippen LogP contribution in [-0.2, 0) is 9.47 Å². The van der Waals surface area contributed by atoms with Crippen LogP contribution >= 0.6 is 0 Å². The molecular weight excluding hydrogens is 338 g/mol. The number of ether oxygens (including phenoxy) is 2. The first kappa shape index (κ1) is 19.3. The number of nitrogens with one attached hydrogen (secondary N) is 3. The smallest absolute Gasteiger partial charge is 0.199 e. The van der Waals surface area contributed by atoms with Crippen molar-refractivity contribution in [2.24, 2.45) is 0 Å². The van der Waals surface area contributed by atoms with Gasteiger partial charge in [0.15, 0.2) is 6.29 Å². The number of allylic oxidation sites excluding steroid dienone is 1. The lowest BCUT2D eigenvalue weighted by molar-refractivity contribution is -0.142. The van der Waals surface area contributed by atoms with Crippen molar-refractivity contribution in [3.8, 4) is 22.8 Å². The van der Waals surface area contributed by atoms with Crippen LogP contribution in [0, 0.1) is 6.92 Å². The summed E-state index contributed by atoms with van der Waals surface area (Å²) in [4.78, 5) is 10.2. The molecule has 3 heterocycles. The second-order valence-corrected chi connectivity index (χ2v) is 6.63. The Bertz CT molecular complexity index is 856. The summed E-state index contributed by atoms with van der Waals surface area (Å²) in [5.41, 5.74) is 6.27. The number of aromatic amines is 3. The highest BCUT2D eigenvalue weighted by Crippen LogP contribution is 2.26. The number of hydrogen-bond donors (Lipinski definition) is 3. The van der Waals surface area contributed by atoms with Gasteiger partial charge in [0.2, 0.25) is 0 Å². The number of rotatable bonds is 10. The molecule has 0 bridgehead atoms. The third-order valence-electron chi connectivity index (χ3n) is 4.41. The number of unbranched alkanes of at least 4 members (excludes halogenated alkanes) is 1. The minimum Gasteiger partial charge on any atom is -0.357 e. The minimum atomic E-state index is -0.387. The molecule has 0 aliphatic heterocycles. The standard InChI is InChI=1S/C22H29N3O2/c1-4-6-14-26-22(27-15-7-5-2)21-13-12-20(25-21)19-11-10-18(24-19)17-9-8-16(3)23-17/h4,6,8-13,22-25H,5,7,14-15H2,1-3H3/b6-4+. The molecule has 0 saturated carbocycles. The third-order valence-corrected chi connectivity index (χ3v) is 4.41. The van der Waals surface area contributed by atoms with Crippen molar-refractivity contribution in [1.29, 1.82) is 0 Å². The van der Waals surface area contributed by atoms with Gasteiger partial charge in [-0.05, 0) is 56.7 Å². The van der Waals surface area contributed by atoms with Crippen LogP contribution in [0.15, 0.2) is 48.6 Å². The van der Waals surface area contributed by atoms with Crippen molar-refractivity contribution in [2.45, 2.75) is 39.9 Å². The van der Waals surface area contributed by atoms with E-state index in [-0.39, 0.29) is 6.29 Å². The Morgan fingerprint density at radius 1 is 0.889 bits per heavy atom. The maximum Gasteiger partial charge on any atom is 0.199 e. The lowest BCUT2D eigenvalue weighted by Gasteiger charge is -2.16. The molecule has 0 spiro atoms. The van der Waals surface area contributed by atoms with Gasteiger partial charge in [-0.15, -0.1) is 0 Å². The first-order chi connectivity index (χ1) is 13.2. The molecule has 5 nitrogen and oxygen atoms in total. The van der Waals surface area contributed by atoms with Gasteiger partial charge in [-0.1, -0.05) is 25.5 Å². The minimum absolute atomic E-state index is 0.387. The summed E-state index contributed by atoms with van der Waals surface area (Å²) >= 11 is 0. The average molecular weight is 367 g/mol. The molecule has 3 N–H and O–H groups in total. The van der Waals surface area contributed by atoms with Crippen molar-refractivity contribution < 1.29 is 9.47 Å². The molecule has 5 heteroatoms. The van der Waals surface area contributed by atoms with E-state index in [2.05, 4.69) is 59.1 Å². The fraction of sp³-hybridized carbons (Fsp3) is 0.364. The summed E-state index contributed by atoms with van der Waals surface area (Å²) in [6.45, 7) is 7.40. The first-order valence-corrected chi connectivity index (χ1v) is 9.60. The van der Waals surface area contributed by atoms with Crippen LogP contribution in [-0.4, -0.2) is 28.2 Å². The number of aromatic nitrogens is 3. The Hall–Kier alpha value is -2.50. The van der Waals surface area contributed by atoms with Crippen LogP contribution in [0.2, 0.25) is 0 Å². The highest BCUT2D eigenvalue weighted by atomic mass is 16.7. The number of hydrogen-bond acceptors (Lipinski definition) is 2. The maximum absolute atomic E-state index is 5.94. The van der Waals surface area contributed by atoms with Gasteiger partial charge in [0.05, 0.1) is 41.7 Å². The Morgan fingerprint density at radius 3 is 2.22 bits per heavy atom. The van der Waals surface area contributed by atoms with E-state index in [0.717, 1.165) is 47.0 Å². The van der Waals surface area contributed by atoms with Crippen LogP contribution in [0.5, 0.6) is 0 Å². The molecular formula is C22H29N3O2.